The fourth-order valence-electron chi connectivity index (χ4n) is 1.82. The van der Waals surface area contributed by atoms with E-state index in [-0.39, 0.29) is 24.6 Å². The number of ketones is 1. The molecule has 0 fully saturated rings. The number of fused-ring (bicyclic) bond motifs is 1. The third-order valence-corrected chi connectivity index (χ3v) is 2.75. The van der Waals surface area contributed by atoms with Gasteiger partial charge in [0.1, 0.15) is 12.2 Å². The lowest BCUT2D eigenvalue weighted by molar-refractivity contribution is -0.173. The summed E-state index contributed by atoms with van der Waals surface area (Å²) >= 11 is 0. The third kappa shape index (κ3) is 3.60. The summed E-state index contributed by atoms with van der Waals surface area (Å²) in [6.45, 7) is 0.223. The van der Waals surface area contributed by atoms with Gasteiger partial charge in [0.25, 0.3) is 0 Å². The summed E-state index contributed by atoms with van der Waals surface area (Å²) < 4.78 is 45.4. The molecule has 0 amide bonds. The topological polar surface area (TPSA) is 39.4 Å². The first-order valence-electron chi connectivity index (χ1n) is 6.04. The van der Waals surface area contributed by atoms with Crippen LogP contribution in [0.5, 0.6) is 0 Å². The zero-order valence-electron chi connectivity index (χ0n) is 10.8. The first kappa shape index (κ1) is 14.6. The molecule has 0 aliphatic heterocycles. The van der Waals surface area contributed by atoms with Crippen molar-refractivity contribution in [1.29, 1.82) is 0 Å². The molecule has 2 rings (SSSR count). The Labute approximate surface area is 113 Å². The molecule has 0 spiro atoms. The number of ether oxygens (including phenoxy) is 1. The standard InChI is InChI=1S/C14H13F3O3/c1-9-3-2-4-10-7-12(20-13(9)10)11(18)5-6-19-8-14(15,16)17/h2-4,7H,5-6,8H2,1H3. The van der Waals surface area contributed by atoms with E-state index in [1.165, 1.54) is 0 Å². The Hall–Kier alpha value is -1.82. The number of alkyl halides is 3. The predicted molar refractivity (Wildman–Crippen MR) is 66.8 cm³/mol. The summed E-state index contributed by atoms with van der Waals surface area (Å²) in [7, 11) is 0. The van der Waals surface area contributed by atoms with Gasteiger partial charge in [0.15, 0.2) is 11.5 Å². The fraction of sp³-hybridized carbons (Fsp3) is 0.357. The lowest BCUT2D eigenvalue weighted by Gasteiger charge is -2.06. The maximum absolute atomic E-state index is 11.9. The van der Waals surface area contributed by atoms with Crippen molar-refractivity contribution in [3.63, 3.8) is 0 Å². The van der Waals surface area contributed by atoms with Gasteiger partial charge in [-0.05, 0) is 18.6 Å². The van der Waals surface area contributed by atoms with Gasteiger partial charge >= 0.3 is 6.18 Å². The molecule has 0 atom stereocenters. The molecule has 0 bridgehead atoms. The number of aryl methyl sites for hydroxylation is 1. The van der Waals surface area contributed by atoms with Gasteiger partial charge in [-0.25, -0.2) is 0 Å². The van der Waals surface area contributed by atoms with Crippen LogP contribution in [0.3, 0.4) is 0 Å². The van der Waals surface area contributed by atoms with E-state index in [1.807, 2.05) is 25.1 Å². The van der Waals surface area contributed by atoms with Gasteiger partial charge in [-0.1, -0.05) is 18.2 Å². The Morgan fingerprint density at radius 3 is 2.75 bits per heavy atom. The highest BCUT2D eigenvalue weighted by Gasteiger charge is 2.27. The van der Waals surface area contributed by atoms with E-state index in [2.05, 4.69) is 4.74 Å². The molecule has 0 N–H and O–H groups in total. The summed E-state index contributed by atoms with van der Waals surface area (Å²) in [6.07, 6.45) is -4.52. The largest absolute Gasteiger partial charge is 0.453 e. The summed E-state index contributed by atoms with van der Waals surface area (Å²) in [5.74, 6) is -0.229. The van der Waals surface area contributed by atoms with Crippen molar-refractivity contribution in [3.8, 4) is 0 Å². The zero-order valence-corrected chi connectivity index (χ0v) is 10.8. The number of hydrogen-bond donors (Lipinski definition) is 0. The fourth-order valence-corrected chi connectivity index (χ4v) is 1.82. The molecule has 2 aromatic rings. The van der Waals surface area contributed by atoms with E-state index in [0.717, 1.165) is 10.9 Å². The zero-order chi connectivity index (χ0) is 14.8. The highest BCUT2D eigenvalue weighted by molar-refractivity contribution is 5.98. The highest BCUT2D eigenvalue weighted by Crippen LogP contribution is 2.23. The average molecular weight is 286 g/mol. The second kappa shape index (κ2) is 5.66. The molecule has 0 aliphatic rings. The highest BCUT2D eigenvalue weighted by atomic mass is 19.4. The lowest BCUT2D eigenvalue weighted by Crippen LogP contribution is -2.18. The van der Waals surface area contributed by atoms with Crippen LogP contribution in [0, 0.1) is 6.92 Å². The molecular weight excluding hydrogens is 273 g/mol. The maximum atomic E-state index is 11.9. The molecule has 1 heterocycles. The van der Waals surface area contributed by atoms with E-state index in [0.29, 0.717) is 5.58 Å². The monoisotopic (exact) mass is 286 g/mol. The number of carbonyl (C=O) groups excluding carboxylic acids is 1. The average Bonchev–Trinajstić information content (AvgIpc) is 2.79. The molecule has 20 heavy (non-hydrogen) atoms. The van der Waals surface area contributed by atoms with E-state index >= 15 is 0 Å². The van der Waals surface area contributed by atoms with E-state index in [1.54, 1.807) is 6.07 Å². The Bertz CT molecular complexity index is 614. The van der Waals surface area contributed by atoms with Gasteiger partial charge in [0.05, 0.1) is 6.61 Å². The number of carbonyl (C=O) groups is 1. The van der Waals surface area contributed by atoms with Crippen molar-refractivity contribution in [3.05, 3.63) is 35.6 Å². The van der Waals surface area contributed by atoms with E-state index < -0.39 is 12.8 Å². The predicted octanol–water partition coefficient (Wildman–Crippen LogP) is 3.89. The van der Waals surface area contributed by atoms with Crippen LogP contribution in [-0.4, -0.2) is 25.2 Å². The van der Waals surface area contributed by atoms with Crippen LogP contribution in [0.2, 0.25) is 0 Å². The van der Waals surface area contributed by atoms with Crippen molar-refractivity contribution in [2.75, 3.05) is 13.2 Å². The van der Waals surface area contributed by atoms with Crippen LogP contribution >= 0.6 is 0 Å². The van der Waals surface area contributed by atoms with Crippen molar-refractivity contribution in [1.82, 2.24) is 0 Å². The van der Waals surface area contributed by atoms with Gasteiger partial charge < -0.3 is 9.15 Å². The Kier molecular flexibility index (Phi) is 4.13. The van der Waals surface area contributed by atoms with Gasteiger partial charge in [-0.3, -0.25) is 4.79 Å². The number of Topliss-reactive ketones (excluding diaryl/α,β-unsaturated/α-hetero) is 1. The van der Waals surface area contributed by atoms with Crippen LogP contribution in [-0.2, 0) is 4.74 Å². The number of benzene rings is 1. The van der Waals surface area contributed by atoms with Gasteiger partial charge in [-0.15, -0.1) is 0 Å². The van der Waals surface area contributed by atoms with Crippen molar-refractivity contribution >= 4 is 16.8 Å². The molecule has 0 saturated carbocycles. The van der Waals surface area contributed by atoms with Crippen molar-refractivity contribution in [2.24, 2.45) is 0 Å². The molecule has 108 valence electrons. The number of rotatable bonds is 5. The first-order chi connectivity index (χ1) is 9.37. The molecule has 0 radical (unpaired) electrons. The lowest BCUT2D eigenvalue weighted by atomic mass is 10.1. The molecular formula is C14H13F3O3. The molecule has 0 unspecified atom stereocenters. The van der Waals surface area contributed by atoms with Gasteiger partial charge in [0, 0.05) is 11.8 Å². The Morgan fingerprint density at radius 2 is 2.10 bits per heavy atom. The van der Waals surface area contributed by atoms with Crippen LogP contribution in [0.1, 0.15) is 22.5 Å². The quantitative estimate of drug-likeness (QED) is 0.618. The minimum absolute atomic E-state index is 0.143. The van der Waals surface area contributed by atoms with Gasteiger partial charge in [0.2, 0.25) is 0 Å². The second-order valence-electron chi connectivity index (χ2n) is 4.44. The van der Waals surface area contributed by atoms with Crippen LogP contribution in [0.4, 0.5) is 13.2 Å². The maximum Gasteiger partial charge on any atom is 0.411 e. The number of para-hydroxylation sites is 1. The SMILES string of the molecule is Cc1cccc2cc(C(=O)CCOCC(F)(F)F)oc12. The van der Waals surface area contributed by atoms with E-state index in [4.69, 9.17) is 4.42 Å². The molecule has 1 aromatic heterocycles. The first-order valence-corrected chi connectivity index (χ1v) is 6.04. The second-order valence-corrected chi connectivity index (χ2v) is 4.44. The molecule has 3 nitrogen and oxygen atoms in total. The Morgan fingerprint density at radius 1 is 1.35 bits per heavy atom. The van der Waals surface area contributed by atoms with Crippen molar-refractivity contribution in [2.45, 2.75) is 19.5 Å². The third-order valence-electron chi connectivity index (χ3n) is 2.75. The molecule has 0 aliphatic carbocycles. The van der Waals surface area contributed by atoms with E-state index in [9.17, 15) is 18.0 Å². The summed E-state index contributed by atoms with van der Waals surface area (Å²) in [4.78, 5) is 11.8. The van der Waals surface area contributed by atoms with Crippen molar-refractivity contribution < 1.29 is 27.1 Å². The van der Waals surface area contributed by atoms with Crippen LogP contribution < -0.4 is 0 Å². The minimum atomic E-state index is -4.38. The number of furan rings is 1. The summed E-state index contributed by atoms with van der Waals surface area (Å²) in [5.41, 5.74) is 1.52. The molecule has 6 heteroatoms. The smallest absolute Gasteiger partial charge is 0.411 e. The summed E-state index contributed by atoms with van der Waals surface area (Å²) in [5, 5.41) is 0.796. The Balaban J connectivity index is 1.96. The molecule has 1 aromatic carbocycles. The van der Waals surface area contributed by atoms with Gasteiger partial charge in [-0.2, -0.15) is 13.2 Å². The summed E-state index contributed by atoms with van der Waals surface area (Å²) in [6, 6.07) is 7.09. The van der Waals surface area contributed by atoms with Crippen LogP contribution in [0.25, 0.3) is 11.0 Å². The normalized spacial score (nSPS) is 12.0. The number of hydrogen-bond acceptors (Lipinski definition) is 3. The molecule has 0 saturated heterocycles. The number of halogens is 3. The van der Waals surface area contributed by atoms with Crippen LogP contribution in [0.15, 0.2) is 28.7 Å². The minimum Gasteiger partial charge on any atom is -0.453 e.